The van der Waals surface area contributed by atoms with Crippen LogP contribution in [-0.4, -0.2) is 92.5 Å². The van der Waals surface area contributed by atoms with E-state index in [1.165, 1.54) is 6.07 Å². The monoisotopic (exact) mass is 738 g/mol. The normalized spacial score (nSPS) is 26.6. The Morgan fingerprint density at radius 1 is 1.02 bits per heavy atom. The van der Waals surface area contributed by atoms with Crippen LogP contribution in [-0.2, 0) is 11.2 Å². The van der Waals surface area contributed by atoms with Gasteiger partial charge in [-0.15, -0.1) is 6.42 Å². The van der Waals surface area contributed by atoms with Crippen LogP contribution in [0.15, 0.2) is 30.3 Å². The van der Waals surface area contributed by atoms with Gasteiger partial charge in [0.15, 0.2) is 5.82 Å². The Morgan fingerprint density at radius 2 is 1.87 bits per heavy atom. The molecular formula is C42H45F3N6O3. The number of ether oxygens (including phenoxy) is 2. The summed E-state index contributed by atoms with van der Waals surface area (Å²) in [6.45, 7) is 7.46. The number of nitrogens with zero attached hydrogens (tertiary/aromatic N) is 6. The highest BCUT2D eigenvalue weighted by Gasteiger charge is 2.51. The van der Waals surface area contributed by atoms with Crippen molar-refractivity contribution in [2.24, 2.45) is 0 Å². The van der Waals surface area contributed by atoms with Crippen molar-refractivity contribution in [1.82, 2.24) is 24.8 Å². The Kier molecular flexibility index (Phi) is 8.45. The Hall–Kier alpha value is -4.63. The molecule has 0 saturated carbocycles. The molecule has 1 amide bonds. The Labute approximate surface area is 313 Å². The first-order chi connectivity index (χ1) is 25.9. The van der Waals surface area contributed by atoms with Gasteiger partial charge in [-0.2, -0.15) is 9.97 Å². The number of aromatic nitrogens is 3. The fraction of sp³-hybridized carbons (Fsp3) is 0.524. The zero-order valence-corrected chi connectivity index (χ0v) is 31.0. The van der Waals surface area contributed by atoms with E-state index in [1.54, 1.807) is 18.2 Å². The van der Waals surface area contributed by atoms with Gasteiger partial charge in [-0.05, 0) is 83.7 Å². The van der Waals surface area contributed by atoms with Crippen LogP contribution in [0.3, 0.4) is 0 Å². The Bertz CT molecular complexity index is 2220. The fourth-order valence-corrected chi connectivity index (χ4v) is 10.1. The molecule has 54 heavy (non-hydrogen) atoms. The maximum Gasteiger partial charge on any atom is 0.410 e. The molecule has 0 aliphatic carbocycles. The van der Waals surface area contributed by atoms with Crippen molar-refractivity contribution in [2.45, 2.75) is 114 Å². The summed E-state index contributed by atoms with van der Waals surface area (Å²) in [5.74, 6) is 1.75. The van der Waals surface area contributed by atoms with Crippen LogP contribution in [0, 0.1) is 24.0 Å². The number of hydrogen-bond acceptors (Lipinski definition) is 8. The van der Waals surface area contributed by atoms with E-state index in [0.29, 0.717) is 59.2 Å². The summed E-state index contributed by atoms with van der Waals surface area (Å²) < 4.78 is 59.7. The number of terminal acetylenes is 1. The number of aryl methyl sites for hydroxylation is 1. The van der Waals surface area contributed by atoms with Crippen molar-refractivity contribution >= 4 is 33.6 Å². The Balaban J connectivity index is 1.22. The molecule has 0 unspecified atom stereocenters. The average molecular weight is 739 g/mol. The van der Waals surface area contributed by atoms with Crippen molar-refractivity contribution in [3.05, 3.63) is 53.2 Å². The van der Waals surface area contributed by atoms with Gasteiger partial charge in [0.2, 0.25) is 0 Å². The predicted molar refractivity (Wildman–Crippen MR) is 200 cm³/mol. The van der Waals surface area contributed by atoms with E-state index < -0.39 is 28.9 Å². The average Bonchev–Trinajstić information content (AvgIpc) is 3.79. The number of amides is 1. The molecule has 2 aromatic carbocycles. The van der Waals surface area contributed by atoms with Crippen LogP contribution < -0.4 is 9.64 Å². The molecule has 0 radical (unpaired) electrons. The number of benzene rings is 2. The minimum absolute atomic E-state index is 0.0104. The number of hydrogen-bond donors (Lipinski definition) is 0. The number of alkyl halides is 1. The quantitative estimate of drug-likeness (QED) is 0.197. The molecule has 7 heterocycles. The number of carbonyl (C=O) groups is 1. The third kappa shape index (κ3) is 5.73. The van der Waals surface area contributed by atoms with E-state index in [2.05, 4.69) is 15.7 Å². The van der Waals surface area contributed by atoms with Gasteiger partial charge in [0.25, 0.3) is 0 Å². The summed E-state index contributed by atoms with van der Waals surface area (Å²) in [7, 11) is 0. The van der Waals surface area contributed by atoms with Crippen LogP contribution in [0.1, 0.15) is 83.4 Å². The van der Waals surface area contributed by atoms with Crippen LogP contribution >= 0.6 is 0 Å². The molecule has 9 rings (SSSR count). The van der Waals surface area contributed by atoms with E-state index in [0.717, 1.165) is 51.5 Å². The molecule has 4 saturated heterocycles. The highest BCUT2D eigenvalue weighted by Crippen LogP contribution is 2.45. The number of piperazine rings is 1. The largest absolute Gasteiger partial charge is 0.461 e. The predicted octanol–water partition coefficient (Wildman–Crippen LogP) is 7.74. The lowest BCUT2D eigenvalue weighted by Crippen LogP contribution is -2.62. The molecule has 0 N–H and O–H groups in total. The van der Waals surface area contributed by atoms with E-state index in [1.807, 2.05) is 31.7 Å². The van der Waals surface area contributed by atoms with E-state index in [9.17, 15) is 9.18 Å². The van der Waals surface area contributed by atoms with Gasteiger partial charge in [-0.3, -0.25) is 9.80 Å². The summed E-state index contributed by atoms with van der Waals surface area (Å²) in [6.07, 6.45) is 11.2. The molecule has 5 atom stereocenters. The summed E-state index contributed by atoms with van der Waals surface area (Å²) in [4.78, 5) is 34.8. The smallest absolute Gasteiger partial charge is 0.410 e. The van der Waals surface area contributed by atoms with Gasteiger partial charge in [0.05, 0.1) is 40.3 Å². The molecule has 4 fully saturated rings. The van der Waals surface area contributed by atoms with Gasteiger partial charge in [-0.1, -0.05) is 36.6 Å². The number of anilines is 1. The first-order valence-corrected chi connectivity index (χ1v) is 19.3. The van der Waals surface area contributed by atoms with Crippen LogP contribution in [0.25, 0.3) is 32.9 Å². The number of halogens is 3. The standard InChI is InChI=1S/C42H45F3N6O3/c1-5-27-29(44)16-14-24-10-8-11-28(33(24)27)36-35(45)37-34-30(46-36)12-6-7-13-31-32-17-15-26(51(32)40(52)54-41(2,3)4)22-50(31)38(34)48-39(47-37)53-23-42-18-9-19-49(42)21-25(43)20-42/h1,8,10-11,14,16,25-26,31-32H,6-7,9,12-13,15,17-23H2,2-4H3/t25-,26-,31-,32+,42+/m1/s1. The zero-order valence-electron chi connectivity index (χ0n) is 31.0. The van der Waals surface area contributed by atoms with Crippen LogP contribution in [0.4, 0.5) is 23.8 Å². The lowest BCUT2D eigenvalue weighted by atomic mass is 9.95. The highest BCUT2D eigenvalue weighted by molar-refractivity contribution is 6.02. The summed E-state index contributed by atoms with van der Waals surface area (Å²) in [6, 6.07) is 7.92. The molecule has 12 heteroatoms. The topological polar surface area (TPSA) is 83.9 Å². The number of fused-ring (bicyclic) bond motifs is 7. The molecular weight excluding hydrogens is 693 g/mol. The first-order valence-electron chi connectivity index (χ1n) is 19.3. The van der Waals surface area contributed by atoms with Crippen molar-refractivity contribution in [3.63, 3.8) is 0 Å². The lowest BCUT2D eigenvalue weighted by Gasteiger charge is -2.47. The van der Waals surface area contributed by atoms with Gasteiger partial charge >= 0.3 is 12.1 Å². The van der Waals surface area contributed by atoms with Crippen LogP contribution in [0.2, 0.25) is 0 Å². The molecule has 282 valence electrons. The second-order valence-electron chi connectivity index (χ2n) is 16.8. The summed E-state index contributed by atoms with van der Waals surface area (Å²) in [5, 5.41) is 1.58. The maximum atomic E-state index is 17.5. The second-order valence-corrected chi connectivity index (χ2v) is 16.8. The van der Waals surface area contributed by atoms with Gasteiger partial charge in [0, 0.05) is 30.5 Å². The second kappa shape index (κ2) is 13.0. The Morgan fingerprint density at radius 3 is 2.69 bits per heavy atom. The van der Waals surface area contributed by atoms with Crippen molar-refractivity contribution in [2.75, 3.05) is 31.1 Å². The maximum absolute atomic E-state index is 17.5. The molecule has 4 aromatic rings. The van der Waals surface area contributed by atoms with Gasteiger partial charge in [0.1, 0.15) is 41.2 Å². The zero-order chi connectivity index (χ0) is 37.5. The van der Waals surface area contributed by atoms with Crippen molar-refractivity contribution < 1.29 is 27.4 Å². The van der Waals surface area contributed by atoms with Gasteiger partial charge < -0.3 is 14.4 Å². The van der Waals surface area contributed by atoms with Crippen LogP contribution in [0.5, 0.6) is 6.01 Å². The molecule has 0 spiro atoms. The lowest BCUT2D eigenvalue weighted by molar-refractivity contribution is 0.00703. The van der Waals surface area contributed by atoms with Gasteiger partial charge in [-0.25, -0.2) is 22.9 Å². The molecule has 5 aliphatic rings. The molecule has 9 nitrogen and oxygen atoms in total. The highest BCUT2D eigenvalue weighted by atomic mass is 19.1. The summed E-state index contributed by atoms with van der Waals surface area (Å²) in [5.41, 5.74) is 0.0438. The molecule has 2 bridgehead atoms. The number of pyridine rings is 1. The van der Waals surface area contributed by atoms with Crippen molar-refractivity contribution in [3.8, 4) is 29.6 Å². The summed E-state index contributed by atoms with van der Waals surface area (Å²) >= 11 is 0. The SMILES string of the molecule is C#Cc1c(F)ccc2cccc(-c3nc4c5c(nc(OC[C@@]67CCCN6C[C@H](F)C7)nc5c3F)N3C[C@H]5CC[C@@H]([C@H]3CCCC4)N5C(=O)OC(C)(C)C)c12. The minimum Gasteiger partial charge on any atom is -0.461 e. The van der Waals surface area contributed by atoms with E-state index >= 15 is 8.78 Å². The number of carbonyl (C=O) groups excluding carboxylic acids is 1. The third-order valence-electron chi connectivity index (χ3n) is 12.3. The van der Waals surface area contributed by atoms with E-state index in [4.69, 9.17) is 30.8 Å². The van der Waals surface area contributed by atoms with E-state index in [-0.39, 0.29) is 53.6 Å². The molecule has 5 aliphatic heterocycles. The minimum atomic E-state index is -0.937. The number of rotatable bonds is 4. The first kappa shape index (κ1) is 35.1. The third-order valence-corrected chi connectivity index (χ3v) is 12.3. The fourth-order valence-electron chi connectivity index (χ4n) is 10.1. The van der Waals surface area contributed by atoms with Crippen molar-refractivity contribution in [1.29, 1.82) is 0 Å². The molecule has 2 aromatic heterocycles.